The van der Waals surface area contributed by atoms with Crippen LogP contribution in [0.15, 0.2) is 42.5 Å². The first-order chi connectivity index (χ1) is 11.7. The first-order valence-electron chi connectivity index (χ1n) is 7.78. The van der Waals surface area contributed by atoms with Gasteiger partial charge in [-0.05, 0) is 42.8 Å². The molecule has 2 aromatic carbocycles. The molecule has 1 N–H and O–H groups in total. The summed E-state index contributed by atoms with van der Waals surface area (Å²) in [6.07, 6.45) is -0.0571. The first-order valence-corrected chi connectivity index (χ1v) is 8.16. The van der Waals surface area contributed by atoms with Crippen LogP contribution in [0.25, 0.3) is 0 Å². The Kier molecular flexibility index (Phi) is 5.11. The summed E-state index contributed by atoms with van der Waals surface area (Å²) < 4.78 is 16.7. The first kappa shape index (κ1) is 16.5. The van der Waals surface area contributed by atoms with Crippen LogP contribution in [-0.2, 0) is 4.79 Å². The van der Waals surface area contributed by atoms with E-state index >= 15 is 0 Å². The molecule has 1 aliphatic heterocycles. The quantitative estimate of drug-likeness (QED) is 0.891. The van der Waals surface area contributed by atoms with Crippen molar-refractivity contribution in [3.8, 4) is 17.2 Å². The van der Waals surface area contributed by atoms with Crippen LogP contribution >= 0.6 is 11.6 Å². The predicted molar refractivity (Wildman–Crippen MR) is 92.2 cm³/mol. The van der Waals surface area contributed by atoms with Crippen LogP contribution in [-0.4, -0.2) is 25.2 Å². The van der Waals surface area contributed by atoms with Gasteiger partial charge in [-0.3, -0.25) is 4.79 Å². The van der Waals surface area contributed by atoms with Crippen LogP contribution in [0.4, 0.5) is 5.69 Å². The van der Waals surface area contributed by atoms with E-state index in [2.05, 4.69) is 5.32 Å². The van der Waals surface area contributed by atoms with E-state index in [-0.39, 0.29) is 5.91 Å². The summed E-state index contributed by atoms with van der Waals surface area (Å²) >= 11 is 5.85. The molecule has 1 atom stereocenters. The summed E-state index contributed by atoms with van der Waals surface area (Å²) in [7, 11) is 0. The van der Waals surface area contributed by atoms with Crippen LogP contribution in [0.3, 0.4) is 0 Å². The summed E-state index contributed by atoms with van der Waals surface area (Å²) in [5.74, 6) is 1.70. The maximum atomic E-state index is 12.4. The smallest absolute Gasteiger partial charge is 0.265 e. The molecule has 1 amide bonds. The maximum absolute atomic E-state index is 12.4. The Morgan fingerprint density at radius 3 is 2.58 bits per heavy atom. The minimum absolute atomic E-state index is 0.218. The Hall–Kier alpha value is -2.40. The molecule has 1 aliphatic rings. The largest absolute Gasteiger partial charge is 0.486 e. The van der Waals surface area contributed by atoms with Gasteiger partial charge < -0.3 is 19.5 Å². The highest BCUT2D eigenvalue weighted by Crippen LogP contribution is 2.32. The fourth-order valence-corrected chi connectivity index (χ4v) is 2.47. The number of amides is 1. The summed E-state index contributed by atoms with van der Waals surface area (Å²) in [6, 6.07) is 12.2. The van der Waals surface area contributed by atoms with E-state index in [4.69, 9.17) is 25.8 Å². The van der Waals surface area contributed by atoms with Crippen LogP contribution in [0.1, 0.15) is 13.3 Å². The number of benzene rings is 2. The van der Waals surface area contributed by atoms with E-state index in [1.54, 1.807) is 42.5 Å². The van der Waals surface area contributed by atoms with Gasteiger partial charge in [-0.25, -0.2) is 0 Å². The fourth-order valence-electron chi connectivity index (χ4n) is 2.34. The number of fused-ring (bicyclic) bond motifs is 1. The SMILES string of the molecule is CC[C@H](Oc1ccc(Cl)cc1)C(=O)Nc1ccc2c(c1)OCCO2. The van der Waals surface area contributed by atoms with Crippen molar-refractivity contribution in [3.63, 3.8) is 0 Å². The summed E-state index contributed by atoms with van der Waals surface area (Å²) in [5.41, 5.74) is 0.641. The van der Waals surface area contributed by atoms with Gasteiger partial charge in [-0.15, -0.1) is 0 Å². The molecule has 0 aliphatic carbocycles. The second-order valence-electron chi connectivity index (χ2n) is 5.32. The molecule has 6 heteroatoms. The number of carbonyl (C=O) groups is 1. The Balaban J connectivity index is 1.67. The van der Waals surface area contributed by atoms with Gasteiger partial charge in [0.05, 0.1) is 0 Å². The minimum Gasteiger partial charge on any atom is -0.486 e. The number of carbonyl (C=O) groups excluding carboxylic acids is 1. The van der Waals surface area contributed by atoms with Crippen LogP contribution in [0, 0.1) is 0 Å². The third-order valence-electron chi connectivity index (χ3n) is 3.56. The lowest BCUT2D eigenvalue weighted by molar-refractivity contribution is -0.122. The molecule has 0 spiro atoms. The molecule has 0 saturated heterocycles. The molecule has 24 heavy (non-hydrogen) atoms. The molecule has 0 bridgehead atoms. The molecule has 2 aromatic rings. The van der Waals surface area contributed by atoms with Crippen molar-refractivity contribution in [2.75, 3.05) is 18.5 Å². The highest BCUT2D eigenvalue weighted by molar-refractivity contribution is 6.30. The van der Waals surface area contributed by atoms with Crippen molar-refractivity contribution < 1.29 is 19.0 Å². The van der Waals surface area contributed by atoms with E-state index in [1.807, 2.05) is 6.92 Å². The molecule has 5 nitrogen and oxygen atoms in total. The minimum atomic E-state index is -0.598. The van der Waals surface area contributed by atoms with Crippen LogP contribution < -0.4 is 19.5 Å². The lowest BCUT2D eigenvalue weighted by Crippen LogP contribution is -2.32. The number of hydrogen-bond acceptors (Lipinski definition) is 4. The lowest BCUT2D eigenvalue weighted by Gasteiger charge is -2.20. The van der Waals surface area contributed by atoms with E-state index in [0.29, 0.717) is 47.6 Å². The molecular formula is C18H18ClNO4. The highest BCUT2D eigenvalue weighted by atomic mass is 35.5. The summed E-state index contributed by atoms with van der Waals surface area (Å²) in [5, 5.41) is 3.47. The Morgan fingerprint density at radius 1 is 1.17 bits per heavy atom. The second-order valence-corrected chi connectivity index (χ2v) is 5.75. The third-order valence-corrected chi connectivity index (χ3v) is 3.82. The highest BCUT2D eigenvalue weighted by Gasteiger charge is 2.20. The second kappa shape index (κ2) is 7.45. The number of hydrogen-bond donors (Lipinski definition) is 1. The lowest BCUT2D eigenvalue weighted by atomic mass is 10.2. The van der Waals surface area contributed by atoms with E-state index in [1.165, 1.54) is 0 Å². The van der Waals surface area contributed by atoms with E-state index < -0.39 is 6.10 Å². The van der Waals surface area contributed by atoms with Gasteiger partial charge >= 0.3 is 0 Å². The van der Waals surface area contributed by atoms with E-state index in [9.17, 15) is 4.79 Å². The maximum Gasteiger partial charge on any atom is 0.265 e. The zero-order valence-corrected chi connectivity index (χ0v) is 14.0. The van der Waals surface area contributed by atoms with Gasteiger partial charge in [-0.1, -0.05) is 18.5 Å². The number of halogens is 1. The molecule has 0 unspecified atom stereocenters. The predicted octanol–water partition coefficient (Wildman–Crippen LogP) is 3.91. The topological polar surface area (TPSA) is 56.8 Å². The van der Waals surface area contributed by atoms with Gasteiger partial charge in [0.2, 0.25) is 0 Å². The molecule has 3 rings (SSSR count). The van der Waals surface area contributed by atoms with Crippen molar-refractivity contribution in [3.05, 3.63) is 47.5 Å². The van der Waals surface area contributed by atoms with Gasteiger partial charge in [0.1, 0.15) is 19.0 Å². The van der Waals surface area contributed by atoms with Crippen molar-refractivity contribution in [1.82, 2.24) is 0 Å². The standard InChI is InChI=1S/C18H18ClNO4/c1-2-15(24-14-6-3-12(19)4-7-14)18(21)20-13-5-8-16-17(11-13)23-10-9-22-16/h3-8,11,15H,2,9-10H2,1H3,(H,20,21)/t15-/m0/s1. The zero-order chi connectivity index (χ0) is 16.9. The Labute approximate surface area is 145 Å². The molecule has 0 fully saturated rings. The van der Waals surface area contributed by atoms with E-state index in [0.717, 1.165) is 0 Å². The van der Waals surface area contributed by atoms with Crippen molar-refractivity contribution in [1.29, 1.82) is 0 Å². The Morgan fingerprint density at radius 2 is 1.88 bits per heavy atom. The number of ether oxygens (including phenoxy) is 3. The van der Waals surface area contributed by atoms with Crippen molar-refractivity contribution in [2.24, 2.45) is 0 Å². The monoisotopic (exact) mass is 347 g/mol. The molecule has 126 valence electrons. The number of rotatable bonds is 5. The summed E-state index contributed by atoms with van der Waals surface area (Å²) in [4.78, 5) is 12.4. The van der Waals surface area contributed by atoms with Crippen molar-refractivity contribution in [2.45, 2.75) is 19.4 Å². The summed E-state index contributed by atoms with van der Waals surface area (Å²) in [6.45, 7) is 2.93. The van der Waals surface area contributed by atoms with Crippen LogP contribution in [0.2, 0.25) is 5.02 Å². The third kappa shape index (κ3) is 3.92. The average molecular weight is 348 g/mol. The molecular weight excluding hydrogens is 330 g/mol. The average Bonchev–Trinajstić information content (AvgIpc) is 2.61. The fraction of sp³-hybridized carbons (Fsp3) is 0.278. The van der Waals surface area contributed by atoms with Gasteiger partial charge in [-0.2, -0.15) is 0 Å². The molecule has 0 radical (unpaired) electrons. The molecule has 0 saturated carbocycles. The Bertz CT molecular complexity index is 717. The number of anilines is 1. The molecule has 0 aromatic heterocycles. The van der Waals surface area contributed by atoms with Gasteiger partial charge in [0.25, 0.3) is 5.91 Å². The van der Waals surface area contributed by atoms with Crippen LogP contribution in [0.5, 0.6) is 17.2 Å². The number of nitrogens with one attached hydrogen (secondary N) is 1. The molecule has 1 heterocycles. The van der Waals surface area contributed by atoms with Crippen molar-refractivity contribution >= 4 is 23.2 Å². The normalized spacial score (nSPS) is 13.9. The van der Waals surface area contributed by atoms with Gasteiger partial charge in [0.15, 0.2) is 17.6 Å². The zero-order valence-electron chi connectivity index (χ0n) is 13.3. The van der Waals surface area contributed by atoms with Gasteiger partial charge in [0, 0.05) is 16.8 Å².